The summed E-state index contributed by atoms with van der Waals surface area (Å²) in [5.74, 6) is 1.31. The molecule has 0 spiro atoms. The molecular formula is C29H51NO6S. The maximum atomic E-state index is 12.6. The molecule has 1 unspecified atom stereocenters. The highest BCUT2D eigenvalue weighted by Gasteiger charge is 2.64. The predicted octanol–water partition coefficient (Wildman–Crippen LogP) is 4.42. The first-order valence-electron chi connectivity index (χ1n) is 14.7. The van der Waals surface area contributed by atoms with E-state index in [0.29, 0.717) is 41.9 Å². The van der Waals surface area contributed by atoms with E-state index >= 15 is 0 Å². The average Bonchev–Trinajstić information content (AvgIpc) is 3.17. The molecule has 4 saturated carbocycles. The number of hydrogen-bond donors (Lipinski definition) is 4. The van der Waals surface area contributed by atoms with E-state index in [9.17, 15) is 28.5 Å². The number of nitrogens with one attached hydrogen (secondary N) is 1. The van der Waals surface area contributed by atoms with E-state index in [2.05, 4.69) is 32.4 Å². The van der Waals surface area contributed by atoms with Gasteiger partial charge in [0.15, 0.2) is 4.75 Å². The molecule has 4 rings (SSSR count). The summed E-state index contributed by atoms with van der Waals surface area (Å²) in [6.07, 6.45) is 8.30. The van der Waals surface area contributed by atoms with E-state index in [1.807, 2.05) is 0 Å². The Balaban J connectivity index is 1.49. The molecule has 7 nitrogen and oxygen atoms in total. The van der Waals surface area contributed by atoms with Gasteiger partial charge in [-0.25, -0.2) is 13.1 Å². The van der Waals surface area contributed by atoms with Crippen LogP contribution in [0.2, 0.25) is 0 Å². The number of carboxylic acid groups (broad SMARTS) is 1. The summed E-state index contributed by atoms with van der Waals surface area (Å²) in [7, 11) is -3.97. The Morgan fingerprint density at radius 3 is 2.27 bits per heavy atom. The molecule has 0 heterocycles. The van der Waals surface area contributed by atoms with Crippen molar-refractivity contribution in [2.45, 2.75) is 116 Å². The number of carboxylic acids is 1. The molecule has 4 aliphatic carbocycles. The van der Waals surface area contributed by atoms with Crippen LogP contribution in [0.25, 0.3) is 0 Å². The molecule has 0 aromatic carbocycles. The number of carbonyl (C=O) groups is 1. The van der Waals surface area contributed by atoms with Crippen LogP contribution < -0.4 is 4.72 Å². The number of sulfonamides is 1. The highest BCUT2D eigenvalue weighted by molar-refractivity contribution is 7.91. The van der Waals surface area contributed by atoms with Crippen LogP contribution in [0.1, 0.15) is 99.3 Å². The Morgan fingerprint density at radius 2 is 1.65 bits per heavy atom. The van der Waals surface area contributed by atoms with Crippen molar-refractivity contribution in [3.63, 3.8) is 0 Å². The highest BCUT2D eigenvalue weighted by atomic mass is 32.2. The predicted molar refractivity (Wildman–Crippen MR) is 144 cm³/mol. The highest BCUT2D eigenvalue weighted by Crippen LogP contribution is 2.69. The normalized spacial score (nSPS) is 45.0. The lowest BCUT2D eigenvalue weighted by atomic mass is 9.41. The van der Waals surface area contributed by atoms with Gasteiger partial charge in [-0.1, -0.05) is 34.1 Å². The average molecular weight is 542 g/mol. The molecule has 11 atom stereocenters. The largest absolute Gasteiger partial charge is 0.480 e. The Labute approximate surface area is 224 Å². The molecule has 0 saturated heterocycles. The van der Waals surface area contributed by atoms with Crippen molar-refractivity contribution >= 4 is 16.0 Å². The summed E-state index contributed by atoms with van der Waals surface area (Å²) in [5, 5.41) is 31.6. The standard InChI is InChI=1S/C29H51NO6S/c1-7-19-23-16-18(31)10-13-29(23,6)22-11-14-28(5)20(8-9-21(28)24(22)25(19)32)17(2)12-15-30-37(35,36)27(3,4)26(33)34/h17-25,30-32H,7-16H2,1-6H3,(H,33,34)/t17-,18-,19-,20-,21+,22+,23?,24+,25-,28-,29-/m1/s1. The van der Waals surface area contributed by atoms with Gasteiger partial charge in [0.1, 0.15) is 0 Å². The number of fused-ring (bicyclic) bond motifs is 5. The lowest BCUT2D eigenvalue weighted by molar-refractivity contribution is -0.203. The van der Waals surface area contributed by atoms with Crippen LogP contribution in [0.4, 0.5) is 0 Å². The third kappa shape index (κ3) is 4.59. The van der Waals surface area contributed by atoms with Crippen LogP contribution >= 0.6 is 0 Å². The van der Waals surface area contributed by atoms with Gasteiger partial charge in [-0.15, -0.1) is 0 Å². The van der Waals surface area contributed by atoms with E-state index < -0.39 is 20.7 Å². The zero-order chi connectivity index (χ0) is 27.6. The smallest absolute Gasteiger partial charge is 0.325 e. The van der Waals surface area contributed by atoms with E-state index in [4.69, 9.17) is 0 Å². The molecule has 214 valence electrons. The fraction of sp³-hybridized carbons (Fsp3) is 0.966. The summed E-state index contributed by atoms with van der Waals surface area (Å²) in [6, 6.07) is 0. The van der Waals surface area contributed by atoms with Crippen LogP contribution in [0, 0.1) is 52.3 Å². The first-order valence-corrected chi connectivity index (χ1v) is 16.2. The van der Waals surface area contributed by atoms with Crippen molar-refractivity contribution in [3.8, 4) is 0 Å². The van der Waals surface area contributed by atoms with Gasteiger partial charge in [-0.2, -0.15) is 0 Å². The Kier molecular flexibility index (Phi) is 7.95. The van der Waals surface area contributed by atoms with Crippen molar-refractivity contribution < 1.29 is 28.5 Å². The van der Waals surface area contributed by atoms with Gasteiger partial charge in [-0.3, -0.25) is 4.79 Å². The third-order valence-corrected chi connectivity index (χ3v) is 14.3. The zero-order valence-electron chi connectivity index (χ0n) is 23.7. The number of aliphatic hydroxyl groups is 2. The second kappa shape index (κ2) is 10.0. The second-order valence-electron chi connectivity index (χ2n) is 14.1. The first-order chi connectivity index (χ1) is 17.1. The fourth-order valence-corrected chi connectivity index (χ4v) is 10.8. The minimum atomic E-state index is -3.97. The second-order valence-corrected chi connectivity index (χ2v) is 16.4. The summed E-state index contributed by atoms with van der Waals surface area (Å²) >= 11 is 0. The van der Waals surface area contributed by atoms with Crippen LogP contribution in [-0.4, -0.2) is 53.2 Å². The van der Waals surface area contributed by atoms with Crippen molar-refractivity contribution in [2.75, 3.05) is 6.54 Å². The Morgan fingerprint density at radius 1 is 1.03 bits per heavy atom. The van der Waals surface area contributed by atoms with Gasteiger partial charge < -0.3 is 15.3 Å². The monoisotopic (exact) mass is 541 g/mol. The molecule has 0 aliphatic heterocycles. The van der Waals surface area contributed by atoms with E-state index in [1.54, 1.807) is 0 Å². The molecule has 4 aliphatic rings. The van der Waals surface area contributed by atoms with Crippen LogP contribution in [0.5, 0.6) is 0 Å². The lowest BCUT2D eigenvalue weighted by Gasteiger charge is -2.64. The fourth-order valence-electron chi connectivity index (χ4n) is 9.85. The Bertz CT molecular complexity index is 967. The van der Waals surface area contributed by atoms with Gasteiger partial charge in [0.05, 0.1) is 12.2 Å². The zero-order valence-corrected chi connectivity index (χ0v) is 24.6. The molecular weight excluding hydrogens is 490 g/mol. The SMILES string of the molecule is CC[C@@H]1C2C[C@H](O)CC[C@]2(C)[C@H]2CC[C@]3(C)[C@@H]([C@H](C)CCNS(=O)(=O)C(C)(C)C(=O)O)CC[C@H]3[C@@H]2[C@@H]1O. The molecule has 4 N–H and O–H groups in total. The molecule has 4 fully saturated rings. The topological polar surface area (TPSA) is 124 Å². The summed E-state index contributed by atoms with van der Waals surface area (Å²) in [6.45, 7) is 12.0. The van der Waals surface area contributed by atoms with Gasteiger partial charge in [0.2, 0.25) is 10.0 Å². The molecule has 0 bridgehead atoms. The van der Waals surface area contributed by atoms with E-state index in [0.717, 1.165) is 51.4 Å². The van der Waals surface area contributed by atoms with Crippen LogP contribution in [0.3, 0.4) is 0 Å². The first kappa shape index (κ1) is 29.3. The molecule has 8 heteroatoms. The molecule has 0 aromatic rings. The number of rotatable bonds is 8. The Hall–Kier alpha value is -0.700. The van der Waals surface area contributed by atoms with Gasteiger partial charge in [0.25, 0.3) is 0 Å². The van der Waals surface area contributed by atoms with Crippen molar-refractivity contribution in [1.82, 2.24) is 4.72 Å². The maximum absolute atomic E-state index is 12.6. The number of aliphatic carboxylic acids is 1. The minimum absolute atomic E-state index is 0.121. The quantitative estimate of drug-likeness (QED) is 0.361. The van der Waals surface area contributed by atoms with Crippen LogP contribution in [-0.2, 0) is 14.8 Å². The summed E-state index contributed by atoms with van der Waals surface area (Å²) in [5.41, 5.74) is 0.306. The van der Waals surface area contributed by atoms with Crippen molar-refractivity contribution in [3.05, 3.63) is 0 Å². The van der Waals surface area contributed by atoms with Crippen LogP contribution in [0.15, 0.2) is 0 Å². The lowest BCUT2D eigenvalue weighted by Crippen LogP contribution is -2.62. The van der Waals surface area contributed by atoms with Gasteiger partial charge >= 0.3 is 5.97 Å². The van der Waals surface area contributed by atoms with Gasteiger partial charge in [0, 0.05) is 6.54 Å². The minimum Gasteiger partial charge on any atom is -0.480 e. The molecule has 0 aromatic heterocycles. The molecule has 37 heavy (non-hydrogen) atoms. The number of aliphatic hydroxyl groups excluding tert-OH is 2. The maximum Gasteiger partial charge on any atom is 0.325 e. The molecule has 0 radical (unpaired) electrons. The van der Waals surface area contributed by atoms with Crippen molar-refractivity contribution in [2.24, 2.45) is 52.3 Å². The summed E-state index contributed by atoms with van der Waals surface area (Å²) < 4.78 is 25.8. The van der Waals surface area contributed by atoms with E-state index in [1.165, 1.54) is 13.8 Å². The third-order valence-electron chi connectivity index (χ3n) is 12.2. The van der Waals surface area contributed by atoms with Crippen molar-refractivity contribution in [1.29, 1.82) is 0 Å². The van der Waals surface area contributed by atoms with Gasteiger partial charge in [-0.05, 0) is 117 Å². The van der Waals surface area contributed by atoms with E-state index in [-0.39, 0.29) is 35.5 Å². The molecule has 0 amide bonds. The number of hydrogen-bond acceptors (Lipinski definition) is 5. The summed E-state index contributed by atoms with van der Waals surface area (Å²) in [4.78, 5) is 11.4.